The molecule has 4 atom stereocenters. The number of para-hydroxylation sites is 1. The van der Waals surface area contributed by atoms with E-state index in [1.807, 2.05) is 20.0 Å². The predicted molar refractivity (Wildman–Crippen MR) is 153 cm³/mol. The monoisotopic (exact) mass is 528 g/mol. The lowest BCUT2D eigenvalue weighted by Crippen LogP contribution is -2.43. The largest absolute Gasteiger partial charge is 0.489 e. The summed E-state index contributed by atoms with van der Waals surface area (Å²) >= 11 is 0. The number of fused-ring (bicyclic) bond motifs is 2. The van der Waals surface area contributed by atoms with Crippen LogP contribution in [-0.4, -0.2) is 43.6 Å². The lowest BCUT2D eigenvalue weighted by molar-refractivity contribution is -0.142. The molecule has 0 amide bonds. The molecule has 2 heterocycles. The van der Waals surface area contributed by atoms with Gasteiger partial charge in [-0.25, -0.2) is 4.68 Å². The Kier molecular flexibility index (Phi) is 7.38. The fraction of sp³-hybridized carbons (Fsp3) is 0.469. The molecule has 1 N–H and O–H groups in total. The maximum atomic E-state index is 12.5. The quantitative estimate of drug-likeness (QED) is 0.496. The van der Waals surface area contributed by atoms with Crippen molar-refractivity contribution in [3.63, 3.8) is 0 Å². The van der Waals surface area contributed by atoms with Gasteiger partial charge in [-0.1, -0.05) is 68.5 Å². The Hall–Kier alpha value is -3.45. The summed E-state index contributed by atoms with van der Waals surface area (Å²) in [7, 11) is 1.90. The van der Waals surface area contributed by atoms with Crippen LogP contribution in [0, 0.1) is 18.3 Å². The van der Waals surface area contributed by atoms with Gasteiger partial charge < -0.3 is 9.84 Å². The second-order valence-corrected chi connectivity index (χ2v) is 11.6. The molecule has 1 unspecified atom stereocenters. The number of hydrogen-bond acceptors (Lipinski definition) is 5. The van der Waals surface area contributed by atoms with Crippen molar-refractivity contribution in [1.29, 1.82) is 0 Å². The van der Waals surface area contributed by atoms with Crippen LogP contribution in [0.4, 0.5) is 0 Å². The van der Waals surface area contributed by atoms with E-state index in [2.05, 4.69) is 85.4 Å². The first kappa shape index (κ1) is 27.1. The van der Waals surface area contributed by atoms with Crippen molar-refractivity contribution < 1.29 is 14.6 Å². The first-order valence-electron chi connectivity index (χ1n) is 14.0. The first-order valence-corrected chi connectivity index (χ1v) is 14.0. The summed E-state index contributed by atoms with van der Waals surface area (Å²) in [6.45, 7) is 12.9. The number of carboxylic acids is 1. The topological polar surface area (TPSA) is 80.5 Å². The van der Waals surface area contributed by atoms with Crippen LogP contribution >= 0.6 is 0 Å². The fourth-order valence-corrected chi connectivity index (χ4v) is 6.49. The molecule has 206 valence electrons. The van der Waals surface area contributed by atoms with E-state index in [1.165, 1.54) is 16.7 Å². The molecule has 7 heteroatoms. The van der Waals surface area contributed by atoms with Gasteiger partial charge in [-0.3, -0.25) is 9.69 Å². The van der Waals surface area contributed by atoms with Crippen molar-refractivity contribution >= 4 is 17.6 Å². The molecular weight excluding hydrogens is 488 g/mol. The van der Waals surface area contributed by atoms with Crippen LogP contribution in [0.2, 0.25) is 0 Å². The van der Waals surface area contributed by atoms with E-state index < -0.39 is 17.3 Å². The van der Waals surface area contributed by atoms with E-state index in [4.69, 9.17) is 4.74 Å². The third-order valence-corrected chi connectivity index (χ3v) is 9.08. The molecule has 0 radical (unpaired) electrons. The second-order valence-electron chi connectivity index (χ2n) is 11.6. The molecule has 2 aliphatic rings. The van der Waals surface area contributed by atoms with Crippen molar-refractivity contribution in [3.05, 3.63) is 75.4 Å². The number of ether oxygens (including phenoxy) is 1. The highest BCUT2D eigenvalue weighted by molar-refractivity contribution is 5.72. The Morgan fingerprint density at radius 3 is 2.74 bits per heavy atom. The standard InChI is InChI=1S/C32H40N4O3/c1-7-26-19-36(17-24-10-8-9-11-28(24)39-26)18-25-16-23(13-12-20(25)2)29(21(3)31(37)38)32(5)15-14-27-30(22(32)4)33-34-35(27)6/h8-14,16,21,26,29H,7,15,17-19H2,1-6H3,(H,37,38)/t21-,26-,29+,32?/m1/s1. The summed E-state index contributed by atoms with van der Waals surface area (Å²) in [6.07, 6.45) is 3.97. The Labute approximate surface area is 230 Å². The molecule has 1 aliphatic carbocycles. The summed E-state index contributed by atoms with van der Waals surface area (Å²) in [5.74, 6) is -0.607. The number of carboxylic acid groups (broad SMARTS) is 1. The number of rotatable bonds is 7. The summed E-state index contributed by atoms with van der Waals surface area (Å²) in [5, 5.41) is 20.8. The van der Waals surface area contributed by atoms with E-state index in [-0.39, 0.29) is 12.0 Å². The molecule has 0 saturated heterocycles. The van der Waals surface area contributed by atoms with Gasteiger partial charge in [0.1, 0.15) is 17.2 Å². The molecule has 0 fully saturated rings. The predicted octanol–water partition coefficient (Wildman–Crippen LogP) is 4.16. The highest BCUT2D eigenvalue weighted by atomic mass is 16.5. The SMILES string of the molecule is CC[C@@H]1CN(Cc2cc([C@H]([C@@H](C)C(=O)O)C3(C)CC=c4c(nnn4C)=C3C)ccc2C)Cc2ccccc2O1. The number of carbonyl (C=O) groups is 1. The minimum atomic E-state index is -0.784. The van der Waals surface area contributed by atoms with Gasteiger partial charge in [0.2, 0.25) is 0 Å². The summed E-state index contributed by atoms with van der Waals surface area (Å²) in [4.78, 5) is 14.9. The van der Waals surface area contributed by atoms with Crippen LogP contribution in [-0.2, 0) is 24.9 Å². The molecule has 2 aromatic carbocycles. The maximum Gasteiger partial charge on any atom is 0.306 e. The van der Waals surface area contributed by atoms with Gasteiger partial charge in [-0.2, -0.15) is 0 Å². The molecule has 1 aliphatic heterocycles. The van der Waals surface area contributed by atoms with Gasteiger partial charge >= 0.3 is 5.97 Å². The third kappa shape index (κ3) is 5.00. The van der Waals surface area contributed by atoms with E-state index in [0.717, 1.165) is 60.1 Å². The highest BCUT2D eigenvalue weighted by Gasteiger charge is 2.44. The number of aliphatic carboxylic acids is 1. The van der Waals surface area contributed by atoms with Crippen molar-refractivity contribution in [2.45, 2.75) is 72.6 Å². The molecule has 3 aromatic rings. The van der Waals surface area contributed by atoms with Gasteiger partial charge in [0, 0.05) is 43.6 Å². The lowest BCUT2D eigenvalue weighted by atomic mass is 9.61. The average Bonchev–Trinajstić information content (AvgIpc) is 3.19. The van der Waals surface area contributed by atoms with Crippen LogP contribution in [0.1, 0.15) is 68.7 Å². The average molecular weight is 529 g/mol. The molecule has 1 aromatic heterocycles. The van der Waals surface area contributed by atoms with Gasteiger partial charge in [0.15, 0.2) is 0 Å². The fourth-order valence-electron chi connectivity index (χ4n) is 6.49. The number of hydrogen-bond donors (Lipinski definition) is 1. The Bertz CT molecular complexity index is 1510. The Balaban J connectivity index is 1.54. The van der Waals surface area contributed by atoms with Crippen molar-refractivity contribution in [1.82, 2.24) is 19.9 Å². The zero-order valence-corrected chi connectivity index (χ0v) is 23.9. The molecule has 39 heavy (non-hydrogen) atoms. The summed E-state index contributed by atoms with van der Waals surface area (Å²) in [5.41, 5.74) is 5.40. The number of nitrogens with zero attached hydrogens (tertiary/aromatic N) is 4. The smallest absolute Gasteiger partial charge is 0.306 e. The highest BCUT2D eigenvalue weighted by Crippen LogP contribution is 2.50. The zero-order valence-electron chi connectivity index (χ0n) is 23.9. The molecule has 5 rings (SSSR count). The van der Waals surface area contributed by atoms with Gasteiger partial charge in [-0.05, 0) is 55.0 Å². The summed E-state index contributed by atoms with van der Waals surface area (Å²) < 4.78 is 8.13. The molecule has 0 bridgehead atoms. The summed E-state index contributed by atoms with van der Waals surface area (Å²) in [6, 6.07) is 14.9. The number of aromatic nitrogens is 3. The molecule has 0 saturated carbocycles. The van der Waals surface area contributed by atoms with E-state index >= 15 is 0 Å². The second kappa shape index (κ2) is 10.6. The maximum absolute atomic E-state index is 12.5. The number of aryl methyl sites for hydroxylation is 2. The molecule has 0 spiro atoms. The van der Waals surface area contributed by atoms with Crippen LogP contribution in [0.15, 0.2) is 42.5 Å². The number of benzene rings is 2. The Morgan fingerprint density at radius 2 is 2.00 bits per heavy atom. The van der Waals surface area contributed by atoms with Crippen LogP contribution < -0.4 is 15.4 Å². The van der Waals surface area contributed by atoms with Crippen LogP contribution in [0.3, 0.4) is 0 Å². The normalized spacial score (nSPS) is 22.6. The first-order chi connectivity index (χ1) is 18.6. The van der Waals surface area contributed by atoms with Gasteiger partial charge in [0.25, 0.3) is 0 Å². The van der Waals surface area contributed by atoms with Crippen molar-refractivity contribution in [3.8, 4) is 5.75 Å². The van der Waals surface area contributed by atoms with E-state index in [9.17, 15) is 9.90 Å². The van der Waals surface area contributed by atoms with Crippen molar-refractivity contribution in [2.24, 2.45) is 18.4 Å². The minimum Gasteiger partial charge on any atom is -0.489 e. The molecule has 7 nitrogen and oxygen atoms in total. The minimum absolute atomic E-state index is 0.132. The lowest BCUT2D eigenvalue weighted by Gasteiger charge is -2.42. The van der Waals surface area contributed by atoms with E-state index in [0.29, 0.717) is 0 Å². The molecular formula is C32H40N4O3. The van der Waals surface area contributed by atoms with Crippen molar-refractivity contribution in [2.75, 3.05) is 6.54 Å². The zero-order chi connectivity index (χ0) is 27.9. The van der Waals surface area contributed by atoms with Crippen LogP contribution in [0.5, 0.6) is 5.75 Å². The Morgan fingerprint density at radius 1 is 1.23 bits per heavy atom. The van der Waals surface area contributed by atoms with E-state index in [1.54, 1.807) is 4.68 Å². The van der Waals surface area contributed by atoms with Gasteiger partial charge in [0.05, 0.1) is 11.3 Å². The third-order valence-electron chi connectivity index (χ3n) is 9.08. The van der Waals surface area contributed by atoms with Gasteiger partial charge in [-0.15, -0.1) is 5.10 Å². The van der Waals surface area contributed by atoms with Crippen LogP contribution in [0.25, 0.3) is 11.6 Å².